The van der Waals surface area contributed by atoms with Gasteiger partial charge in [0.2, 0.25) is 0 Å². The van der Waals surface area contributed by atoms with E-state index in [1.807, 2.05) is 37.3 Å². The number of amides is 1. The van der Waals surface area contributed by atoms with Gasteiger partial charge < -0.3 is 19.5 Å². The molecule has 1 unspecified atom stereocenters. The van der Waals surface area contributed by atoms with E-state index in [0.717, 1.165) is 11.1 Å². The number of aliphatic hydroxyl groups is 1. The normalized spacial score (nSPS) is 18.3. The van der Waals surface area contributed by atoms with Gasteiger partial charge in [0, 0.05) is 25.8 Å². The molecule has 1 atom stereocenters. The van der Waals surface area contributed by atoms with Crippen molar-refractivity contribution in [3.05, 3.63) is 70.8 Å². The first-order valence-corrected chi connectivity index (χ1v) is 9.47. The van der Waals surface area contributed by atoms with Crippen LogP contribution in [0.4, 0.5) is 0 Å². The predicted molar refractivity (Wildman–Crippen MR) is 110 cm³/mol. The highest BCUT2D eigenvalue weighted by molar-refractivity contribution is 6.46. The Morgan fingerprint density at radius 1 is 1.10 bits per heavy atom. The van der Waals surface area contributed by atoms with Crippen molar-refractivity contribution in [1.82, 2.24) is 4.90 Å². The summed E-state index contributed by atoms with van der Waals surface area (Å²) in [5, 5.41) is 11.1. The summed E-state index contributed by atoms with van der Waals surface area (Å²) in [7, 11) is 3.16. The van der Waals surface area contributed by atoms with E-state index in [1.165, 1.54) is 4.90 Å². The van der Waals surface area contributed by atoms with Crippen molar-refractivity contribution in [2.45, 2.75) is 19.4 Å². The van der Waals surface area contributed by atoms with E-state index in [4.69, 9.17) is 9.47 Å². The average molecular weight is 395 g/mol. The van der Waals surface area contributed by atoms with Crippen LogP contribution in [0.1, 0.15) is 29.2 Å². The van der Waals surface area contributed by atoms with Crippen molar-refractivity contribution in [2.24, 2.45) is 0 Å². The van der Waals surface area contributed by atoms with Gasteiger partial charge in [0.05, 0.1) is 18.7 Å². The van der Waals surface area contributed by atoms with Crippen LogP contribution >= 0.6 is 0 Å². The van der Waals surface area contributed by atoms with Crippen LogP contribution in [-0.4, -0.2) is 49.1 Å². The summed E-state index contributed by atoms with van der Waals surface area (Å²) in [5.74, 6) is -0.808. The third kappa shape index (κ3) is 4.03. The van der Waals surface area contributed by atoms with Crippen molar-refractivity contribution in [3.63, 3.8) is 0 Å². The van der Waals surface area contributed by atoms with E-state index in [1.54, 1.807) is 32.4 Å². The summed E-state index contributed by atoms with van der Waals surface area (Å²) in [4.78, 5) is 27.2. The lowest BCUT2D eigenvalue weighted by Gasteiger charge is -2.25. The number of hydrogen-bond acceptors (Lipinski definition) is 5. The minimum atomic E-state index is -0.677. The van der Waals surface area contributed by atoms with Crippen molar-refractivity contribution in [3.8, 4) is 5.75 Å². The first kappa shape index (κ1) is 20.6. The third-order valence-corrected chi connectivity index (χ3v) is 5.09. The molecule has 1 aliphatic rings. The zero-order chi connectivity index (χ0) is 21.0. The molecule has 2 aromatic carbocycles. The molecule has 0 bridgehead atoms. The predicted octanol–water partition coefficient (Wildman–Crippen LogP) is 3.46. The molecule has 1 heterocycles. The fourth-order valence-electron chi connectivity index (χ4n) is 3.65. The first-order valence-electron chi connectivity index (χ1n) is 9.47. The van der Waals surface area contributed by atoms with Gasteiger partial charge in [0.25, 0.3) is 11.7 Å². The van der Waals surface area contributed by atoms with Crippen molar-refractivity contribution >= 4 is 17.4 Å². The highest BCUT2D eigenvalue weighted by Crippen LogP contribution is 2.40. The Morgan fingerprint density at radius 3 is 2.45 bits per heavy atom. The Bertz CT molecular complexity index is 936. The topological polar surface area (TPSA) is 76.1 Å². The van der Waals surface area contributed by atoms with Gasteiger partial charge in [-0.2, -0.15) is 0 Å². The van der Waals surface area contributed by atoms with Crippen molar-refractivity contribution < 1.29 is 24.2 Å². The molecule has 6 nitrogen and oxygen atoms in total. The maximum absolute atomic E-state index is 12.9. The smallest absolute Gasteiger partial charge is 0.295 e. The Balaban J connectivity index is 2.12. The number of benzene rings is 2. The van der Waals surface area contributed by atoms with Crippen LogP contribution in [0.2, 0.25) is 0 Å². The number of likely N-dealkylation sites (tertiary alicyclic amines) is 1. The number of hydrogen-bond donors (Lipinski definition) is 1. The summed E-state index contributed by atoms with van der Waals surface area (Å²) in [6, 6.07) is 13.8. The zero-order valence-corrected chi connectivity index (χ0v) is 16.8. The fraction of sp³-hybridized carbons (Fsp3) is 0.304. The minimum Gasteiger partial charge on any atom is -0.507 e. The molecule has 1 saturated heterocycles. The standard InChI is InChI=1S/C23H25NO5/c1-15-14-17(29-3)10-11-18(15)21(25)19-20(16-8-5-4-6-9-16)24(12-7-13-28-2)23(27)22(19)26/h4-6,8-11,14,20,25H,7,12-13H2,1-3H3/b21-19+. The number of aryl methyl sites for hydroxylation is 1. The van der Waals surface area contributed by atoms with Crippen LogP contribution in [0, 0.1) is 6.92 Å². The summed E-state index contributed by atoms with van der Waals surface area (Å²) in [6.07, 6.45) is 0.592. The van der Waals surface area contributed by atoms with Crippen LogP contribution in [0.3, 0.4) is 0 Å². The van der Waals surface area contributed by atoms with Gasteiger partial charge >= 0.3 is 0 Å². The molecule has 0 aromatic heterocycles. The van der Waals surface area contributed by atoms with E-state index in [-0.39, 0.29) is 11.3 Å². The second-order valence-corrected chi connectivity index (χ2v) is 6.93. The highest BCUT2D eigenvalue weighted by Gasteiger charge is 2.45. The number of Topliss-reactive ketones (excluding diaryl/α,β-unsaturated/α-hetero) is 1. The minimum absolute atomic E-state index is 0.104. The number of methoxy groups -OCH3 is 2. The van der Waals surface area contributed by atoms with Gasteiger partial charge in [-0.1, -0.05) is 30.3 Å². The maximum Gasteiger partial charge on any atom is 0.295 e. The lowest BCUT2D eigenvalue weighted by atomic mass is 9.94. The molecule has 1 fully saturated rings. The monoisotopic (exact) mass is 395 g/mol. The molecule has 2 aromatic rings. The van der Waals surface area contributed by atoms with Gasteiger partial charge in [0.1, 0.15) is 11.5 Å². The number of aliphatic hydroxyl groups excluding tert-OH is 1. The van der Waals surface area contributed by atoms with E-state index < -0.39 is 17.7 Å². The molecule has 0 radical (unpaired) electrons. The van der Waals surface area contributed by atoms with Gasteiger partial charge in [-0.3, -0.25) is 9.59 Å². The lowest BCUT2D eigenvalue weighted by molar-refractivity contribution is -0.140. The molecule has 6 heteroatoms. The molecule has 0 spiro atoms. The van der Waals surface area contributed by atoms with Crippen LogP contribution in [0.15, 0.2) is 54.1 Å². The van der Waals surface area contributed by atoms with Crippen LogP contribution < -0.4 is 4.74 Å². The first-order chi connectivity index (χ1) is 14.0. The zero-order valence-electron chi connectivity index (χ0n) is 16.8. The van der Waals surface area contributed by atoms with E-state index in [2.05, 4.69) is 0 Å². The molecule has 3 rings (SSSR count). The molecular weight excluding hydrogens is 370 g/mol. The quantitative estimate of drug-likeness (QED) is 0.336. The van der Waals surface area contributed by atoms with Crippen LogP contribution in [0.25, 0.3) is 5.76 Å². The maximum atomic E-state index is 12.9. The Morgan fingerprint density at radius 2 is 1.83 bits per heavy atom. The van der Waals surface area contributed by atoms with Gasteiger partial charge in [-0.15, -0.1) is 0 Å². The number of ketones is 1. The SMILES string of the molecule is COCCCN1C(=O)C(=O)/C(=C(/O)c2ccc(OC)cc2C)C1c1ccccc1. The average Bonchev–Trinajstić information content (AvgIpc) is 2.99. The summed E-state index contributed by atoms with van der Waals surface area (Å²) < 4.78 is 10.3. The number of carbonyl (C=O) groups excluding carboxylic acids is 2. The largest absolute Gasteiger partial charge is 0.507 e. The molecule has 29 heavy (non-hydrogen) atoms. The van der Waals surface area contributed by atoms with Crippen LogP contribution in [0.5, 0.6) is 5.75 Å². The van der Waals surface area contributed by atoms with E-state index >= 15 is 0 Å². The van der Waals surface area contributed by atoms with E-state index in [0.29, 0.717) is 30.9 Å². The molecule has 0 aliphatic carbocycles. The highest BCUT2D eigenvalue weighted by atomic mass is 16.5. The second kappa shape index (κ2) is 8.92. The van der Waals surface area contributed by atoms with Crippen molar-refractivity contribution in [1.29, 1.82) is 0 Å². The Kier molecular flexibility index (Phi) is 6.34. The van der Waals surface area contributed by atoms with Gasteiger partial charge in [-0.25, -0.2) is 0 Å². The number of rotatable bonds is 7. The lowest BCUT2D eigenvalue weighted by Crippen LogP contribution is -2.31. The molecule has 0 saturated carbocycles. The van der Waals surface area contributed by atoms with Gasteiger partial charge in [0.15, 0.2) is 0 Å². The summed E-state index contributed by atoms with van der Waals surface area (Å²) in [5.41, 5.74) is 2.13. The summed E-state index contributed by atoms with van der Waals surface area (Å²) in [6.45, 7) is 2.65. The third-order valence-electron chi connectivity index (χ3n) is 5.09. The number of nitrogens with zero attached hydrogens (tertiary/aromatic N) is 1. The molecule has 152 valence electrons. The number of carbonyl (C=O) groups is 2. The van der Waals surface area contributed by atoms with Crippen molar-refractivity contribution in [2.75, 3.05) is 27.4 Å². The Hall–Kier alpha value is -3.12. The number of ether oxygens (including phenoxy) is 2. The molecular formula is C23H25NO5. The summed E-state index contributed by atoms with van der Waals surface area (Å²) >= 11 is 0. The fourth-order valence-corrected chi connectivity index (χ4v) is 3.65. The van der Waals surface area contributed by atoms with Crippen LogP contribution in [-0.2, 0) is 14.3 Å². The molecule has 1 aliphatic heterocycles. The molecule has 1 N–H and O–H groups in total. The Labute approximate surface area is 170 Å². The van der Waals surface area contributed by atoms with Gasteiger partial charge in [-0.05, 0) is 42.7 Å². The molecule has 1 amide bonds. The second-order valence-electron chi connectivity index (χ2n) is 6.93. The van der Waals surface area contributed by atoms with E-state index in [9.17, 15) is 14.7 Å².